The molecule has 2 aromatic rings. The number of fused-ring (bicyclic) bond motifs is 1. The molecular weight excluding hydrogens is 214 g/mol. The zero-order chi connectivity index (χ0) is 12.4. The number of nitrogen functional groups attached to an aromatic ring is 1. The molecule has 1 aromatic carbocycles. The summed E-state index contributed by atoms with van der Waals surface area (Å²) in [7, 11) is 0. The van der Waals surface area contributed by atoms with E-state index in [2.05, 4.69) is 9.97 Å². The third-order valence-electron chi connectivity index (χ3n) is 2.55. The van der Waals surface area contributed by atoms with E-state index in [-0.39, 0.29) is 0 Å². The van der Waals surface area contributed by atoms with Crippen LogP contribution in [0.5, 0.6) is 0 Å². The van der Waals surface area contributed by atoms with Crippen molar-refractivity contribution >= 4 is 28.5 Å². The highest BCUT2D eigenvalue weighted by molar-refractivity contribution is 6.10. The van der Waals surface area contributed by atoms with Gasteiger partial charge in [0.15, 0.2) is 0 Å². The van der Waals surface area contributed by atoms with Gasteiger partial charge in [-0.25, -0.2) is 9.97 Å². The fourth-order valence-electron chi connectivity index (χ4n) is 1.67. The number of hydrogen-bond acceptors (Lipinski definition) is 5. The topological polar surface area (TPSA) is 102 Å². The van der Waals surface area contributed by atoms with E-state index in [9.17, 15) is 0 Å². The SMILES string of the molecule is CC(N)=C(C=N)c1ccc2ncnc(N)c2c1. The van der Waals surface area contributed by atoms with Crippen molar-refractivity contribution in [3.63, 3.8) is 0 Å². The summed E-state index contributed by atoms with van der Waals surface area (Å²) in [5.74, 6) is 0.427. The van der Waals surface area contributed by atoms with E-state index in [1.165, 1.54) is 12.5 Å². The first-order valence-corrected chi connectivity index (χ1v) is 5.11. The first kappa shape index (κ1) is 11.1. The van der Waals surface area contributed by atoms with Crippen LogP contribution >= 0.6 is 0 Å². The van der Waals surface area contributed by atoms with Crippen LogP contribution in [0.25, 0.3) is 16.5 Å². The number of anilines is 1. The molecule has 0 radical (unpaired) electrons. The molecule has 0 unspecified atom stereocenters. The van der Waals surface area contributed by atoms with Crippen LogP contribution in [0.3, 0.4) is 0 Å². The number of nitrogens with zero attached hydrogens (tertiary/aromatic N) is 2. The lowest BCUT2D eigenvalue weighted by molar-refractivity contribution is 1.23. The number of benzene rings is 1. The molecule has 1 heterocycles. The standard InChI is InChI=1S/C12H13N5/c1-7(14)10(5-13)8-2-3-11-9(4-8)12(15)17-6-16-11/h2-6,13H,14H2,1H3,(H2,15,16,17). The van der Waals surface area contributed by atoms with Gasteiger partial charge in [-0.2, -0.15) is 0 Å². The van der Waals surface area contributed by atoms with Crippen molar-refractivity contribution in [3.05, 3.63) is 35.8 Å². The highest BCUT2D eigenvalue weighted by Gasteiger charge is 2.05. The molecule has 0 fully saturated rings. The average Bonchev–Trinajstić information content (AvgIpc) is 2.30. The lowest BCUT2D eigenvalue weighted by atomic mass is 10.0. The number of allylic oxidation sites excluding steroid dienone is 2. The van der Waals surface area contributed by atoms with E-state index < -0.39 is 0 Å². The van der Waals surface area contributed by atoms with Crippen LogP contribution in [0.4, 0.5) is 5.82 Å². The summed E-state index contributed by atoms with van der Waals surface area (Å²) in [5.41, 5.74) is 14.4. The molecule has 0 amide bonds. The quantitative estimate of drug-likeness (QED) is 0.677. The Morgan fingerprint density at radius 3 is 2.76 bits per heavy atom. The lowest BCUT2D eigenvalue weighted by Gasteiger charge is -2.06. The van der Waals surface area contributed by atoms with Crippen molar-refractivity contribution in [3.8, 4) is 0 Å². The molecule has 5 nitrogen and oxygen atoms in total. The molecular formula is C12H13N5. The minimum absolute atomic E-state index is 0.427. The van der Waals surface area contributed by atoms with Crippen molar-refractivity contribution in [2.75, 3.05) is 5.73 Å². The zero-order valence-electron chi connectivity index (χ0n) is 9.44. The summed E-state index contributed by atoms with van der Waals surface area (Å²) < 4.78 is 0. The van der Waals surface area contributed by atoms with Crippen LogP contribution in [0, 0.1) is 5.41 Å². The maximum atomic E-state index is 7.36. The molecule has 1 aromatic heterocycles. The molecule has 2 rings (SSSR count). The Labute approximate surface area is 98.7 Å². The van der Waals surface area contributed by atoms with Gasteiger partial charge in [0, 0.05) is 22.9 Å². The third-order valence-corrected chi connectivity index (χ3v) is 2.55. The van der Waals surface area contributed by atoms with Crippen molar-refractivity contribution in [1.82, 2.24) is 9.97 Å². The Morgan fingerprint density at radius 1 is 1.35 bits per heavy atom. The molecule has 0 spiro atoms. The summed E-state index contributed by atoms with van der Waals surface area (Å²) in [5, 5.41) is 8.13. The second kappa shape index (κ2) is 4.21. The summed E-state index contributed by atoms with van der Waals surface area (Å²) in [4.78, 5) is 8.06. The number of hydrogen-bond donors (Lipinski definition) is 3. The molecule has 0 saturated heterocycles. The van der Waals surface area contributed by atoms with Gasteiger partial charge in [-0.3, -0.25) is 0 Å². The van der Waals surface area contributed by atoms with E-state index in [4.69, 9.17) is 16.9 Å². The van der Waals surface area contributed by atoms with Gasteiger partial charge in [0.1, 0.15) is 12.1 Å². The Balaban J connectivity index is 2.70. The van der Waals surface area contributed by atoms with Crippen LogP contribution < -0.4 is 11.5 Å². The summed E-state index contributed by atoms with van der Waals surface area (Å²) in [6, 6.07) is 5.56. The Morgan fingerprint density at radius 2 is 2.12 bits per heavy atom. The monoisotopic (exact) mass is 227 g/mol. The van der Waals surface area contributed by atoms with Gasteiger partial charge >= 0.3 is 0 Å². The fourth-order valence-corrected chi connectivity index (χ4v) is 1.67. The number of nitrogens with two attached hydrogens (primary N) is 2. The molecule has 0 bridgehead atoms. The largest absolute Gasteiger partial charge is 0.402 e. The highest BCUT2D eigenvalue weighted by Crippen LogP contribution is 2.22. The zero-order valence-corrected chi connectivity index (χ0v) is 9.44. The smallest absolute Gasteiger partial charge is 0.134 e. The second-order valence-corrected chi connectivity index (χ2v) is 3.73. The normalized spacial score (nSPS) is 12.3. The molecule has 0 atom stereocenters. The van der Waals surface area contributed by atoms with Crippen molar-refractivity contribution in [2.24, 2.45) is 5.73 Å². The van der Waals surface area contributed by atoms with E-state index in [0.29, 0.717) is 17.1 Å². The van der Waals surface area contributed by atoms with Gasteiger partial charge in [-0.15, -0.1) is 0 Å². The van der Waals surface area contributed by atoms with Crippen LogP contribution in [-0.4, -0.2) is 16.2 Å². The average molecular weight is 227 g/mol. The predicted molar refractivity (Wildman–Crippen MR) is 69.5 cm³/mol. The van der Waals surface area contributed by atoms with Crippen LogP contribution in [0.2, 0.25) is 0 Å². The van der Waals surface area contributed by atoms with Crippen LogP contribution in [0.1, 0.15) is 12.5 Å². The van der Waals surface area contributed by atoms with Crippen molar-refractivity contribution in [1.29, 1.82) is 5.41 Å². The molecule has 0 aliphatic carbocycles. The number of aromatic nitrogens is 2. The first-order valence-electron chi connectivity index (χ1n) is 5.11. The minimum atomic E-state index is 0.427. The third kappa shape index (κ3) is 1.94. The van der Waals surface area contributed by atoms with Gasteiger partial charge in [0.05, 0.1) is 5.52 Å². The fraction of sp³-hybridized carbons (Fsp3) is 0.0833. The maximum absolute atomic E-state index is 7.36. The van der Waals surface area contributed by atoms with Crippen LogP contribution in [-0.2, 0) is 0 Å². The Bertz CT molecular complexity index is 611. The molecule has 86 valence electrons. The summed E-state index contributed by atoms with van der Waals surface area (Å²) in [6.45, 7) is 1.76. The van der Waals surface area contributed by atoms with Crippen LogP contribution in [0.15, 0.2) is 30.2 Å². The molecule has 0 saturated carbocycles. The van der Waals surface area contributed by atoms with Gasteiger partial charge < -0.3 is 16.9 Å². The van der Waals surface area contributed by atoms with Crippen molar-refractivity contribution in [2.45, 2.75) is 6.92 Å². The van der Waals surface area contributed by atoms with E-state index in [0.717, 1.165) is 16.5 Å². The maximum Gasteiger partial charge on any atom is 0.134 e. The van der Waals surface area contributed by atoms with E-state index in [1.807, 2.05) is 18.2 Å². The molecule has 17 heavy (non-hydrogen) atoms. The van der Waals surface area contributed by atoms with Gasteiger partial charge in [-0.1, -0.05) is 6.07 Å². The highest BCUT2D eigenvalue weighted by atomic mass is 14.9. The van der Waals surface area contributed by atoms with Gasteiger partial charge in [0.2, 0.25) is 0 Å². The van der Waals surface area contributed by atoms with E-state index in [1.54, 1.807) is 6.92 Å². The summed E-state index contributed by atoms with van der Waals surface area (Å²) >= 11 is 0. The lowest BCUT2D eigenvalue weighted by Crippen LogP contribution is -2.00. The van der Waals surface area contributed by atoms with Gasteiger partial charge in [-0.05, 0) is 24.6 Å². The first-order chi connectivity index (χ1) is 8.13. The second-order valence-electron chi connectivity index (χ2n) is 3.73. The van der Waals surface area contributed by atoms with Crippen molar-refractivity contribution < 1.29 is 0 Å². The molecule has 5 heteroatoms. The minimum Gasteiger partial charge on any atom is -0.402 e. The summed E-state index contributed by atoms with van der Waals surface area (Å²) in [6.07, 6.45) is 2.66. The van der Waals surface area contributed by atoms with Gasteiger partial charge in [0.25, 0.3) is 0 Å². The predicted octanol–water partition coefficient (Wildman–Crippen LogP) is 1.55. The molecule has 0 aliphatic rings. The Kier molecular flexibility index (Phi) is 2.74. The van der Waals surface area contributed by atoms with E-state index >= 15 is 0 Å². The number of nitrogens with one attached hydrogen (secondary N) is 1. The number of rotatable bonds is 2. The molecule has 5 N–H and O–H groups in total. The molecule has 0 aliphatic heterocycles. The Hall–Kier alpha value is -2.43.